The van der Waals surface area contributed by atoms with E-state index in [1.54, 1.807) is 0 Å². The van der Waals surface area contributed by atoms with Crippen molar-refractivity contribution in [3.05, 3.63) is 0 Å². The molecule has 0 bridgehead atoms. The van der Waals surface area contributed by atoms with Gasteiger partial charge in [0.25, 0.3) is 0 Å². The van der Waals surface area contributed by atoms with Crippen LogP contribution >= 0.6 is 0 Å². The summed E-state index contributed by atoms with van der Waals surface area (Å²) in [5.41, 5.74) is 0. The van der Waals surface area contributed by atoms with Gasteiger partial charge in [-0.05, 0) is 19.4 Å². The van der Waals surface area contributed by atoms with Gasteiger partial charge < -0.3 is 35.2 Å². The highest BCUT2D eigenvalue weighted by Gasteiger charge is 2.43. The third-order valence-corrected chi connectivity index (χ3v) is 3.42. The summed E-state index contributed by atoms with van der Waals surface area (Å²) in [4.78, 5) is 11.6. The molecule has 0 radical (unpaired) electrons. The van der Waals surface area contributed by atoms with Crippen LogP contribution in [0.25, 0.3) is 0 Å². The second kappa shape index (κ2) is 6.12. The van der Waals surface area contributed by atoms with Crippen molar-refractivity contribution in [3.63, 3.8) is 0 Å². The first-order valence-electron chi connectivity index (χ1n) is 6.28. The van der Waals surface area contributed by atoms with Crippen molar-refractivity contribution in [2.24, 2.45) is 0 Å². The van der Waals surface area contributed by atoms with Gasteiger partial charge in [0, 0.05) is 0 Å². The number of hydrogen-bond acceptors (Lipinski definition) is 8. The van der Waals surface area contributed by atoms with Crippen LogP contribution in [0.1, 0.15) is 12.8 Å². The van der Waals surface area contributed by atoms with E-state index in [0.29, 0.717) is 6.42 Å². The van der Waals surface area contributed by atoms with Crippen molar-refractivity contribution in [2.45, 2.75) is 49.6 Å². The summed E-state index contributed by atoms with van der Waals surface area (Å²) in [5, 5.41) is 40.7. The minimum Gasteiger partial charge on any atom is -0.462 e. The van der Waals surface area contributed by atoms with Crippen LogP contribution < -0.4 is 5.32 Å². The van der Waals surface area contributed by atoms with Crippen LogP contribution in [0, 0.1) is 0 Å². The van der Waals surface area contributed by atoms with Gasteiger partial charge in [0.05, 0.1) is 0 Å². The molecule has 2 heterocycles. The smallest absolute Gasteiger partial charge is 0.323 e. The van der Waals surface area contributed by atoms with E-state index in [-0.39, 0.29) is 12.6 Å². The zero-order valence-electron chi connectivity index (χ0n) is 10.3. The molecule has 1 unspecified atom stereocenters. The van der Waals surface area contributed by atoms with Crippen LogP contribution in [0.15, 0.2) is 0 Å². The Morgan fingerprint density at radius 2 is 1.95 bits per heavy atom. The van der Waals surface area contributed by atoms with E-state index in [4.69, 9.17) is 9.47 Å². The topological polar surface area (TPSA) is 128 Å². The minimum atomic E-state index is -1.62. The highest BCUT2D eigenvalue weighted by atomic mass is 16.6. The van der Waals surface area contributed by atoms with Crippen molar-refractivity contribution >= 4 is 5.97 Å². The lowest BCUT2D eigenvalue weighted by Crippen LogP contribution is -2.58. The predicted octanol–water partition coefficient (Wildman–Crippen LogP) is -2.92. The Hall–Kier alpha value is -0.770. The Labute approximate surface area is 109 Å². The fraction of sp³-hybridized carbons (Fsp3) is 0.909. The summed E-state index contributed by atoms with van der Waals surface area (Å²) in [5.74, 6) is -0.455. The number of carbonyl (C=O) groups excluding carboxylic acids is 1. The monoisotopic (exact) mass is 277 g/mol. The normalized spacial score (nSPS) is 43.2. The molecule has 0 saturated carbocycles. The lowest BCUT2D eigenvalue weighted by atomic mass is 9.99. The highest BCUT2D eigenvalue weighted by molar-refractivity contribution is 5.76. The third kappa shape index (κ3) is 3.22. The standard InChI is InChI=1S/C11H19NO7/c13-7-6(19-11(17)9(15)8(7)14)4-18-10(16)5-2-1-3-12-5/h5-9,11-15,17H,1-4H2/t5-,6+,7+,8-,9+,11?/m0/s1. The third-order valence-electron chi connectivity index (χ3n) is 3.42. The van der Waals surface area contributed by atoms with Gasteiger partial charge in [-0.3, -0.25) is 4.79 Å². The minimum absolute atomic E-state index is 0.293. The fourth-order valence-corrected chi connectivity index (χ4v) is 2.22. The van der Waals surface area contributed by atoms with Crippen LogP contribution in [-0.4, -0.2) is 76.3 Å². The molecule has 0 aromatic rings. The molecule has 19 heavy (non-hydrogen) atoms. The Bertz CT molecular complexity index is 320. The second-order valence-electron chi connectivity index (χ2n) is 4.82. The van der Waals surface area contributed by atoms with E-state index >= 15 is 0 Å². The Kier molecular flexibility index (Phi) is 4.71. The van der Waals surface area contributed by atoms with Crippen molar-refractivity contribution < 1.29 is 34.7 Å². The zero-order valence-corrected chi connectivity index (χ0v) is 10.3. The van der Waals surface area contributed by atoms with Gasteiger partial charge in [-0.1, -0.05) is 0 Å². The van der Waals surface area contributed by atoms with Crippen LogP contribution in [-0.2, 0) is 14.3 Å². The van der Waals surface area contributed by atoms with Crippen molar-refractivity contribution in [1.29, 1.82) is 0 Å². The molecular weight excluding hydrogens is 258 g/mol. The molecule has 8 nitrogen and oxygen atoms in total. The summed E-state index contributed by atoms with van der Waals surface area (Å²) in [6.45, 7) is 0.463. The summed E-state index contributed by atoms with van der Waals surface area (Å²) < 4.78 is 9.87. The van der Waals surface area contributed by atoms with Gasteiger partial charge >= 0.3 is 5.97 Å². The highest BCUT2D eigenvalue weighted by Crippen LogP contribution is 2.20. The molecular formula is C11H19NO7. The number of aliphatic hydroxyl groups excluding tert-OH is 4. The SMILES string of the molecule is O=C(OC[C@H]1OC(O)[C@H](O)[C@@H](O)[C@@H]1O)[C@@H]1CCCN1. The summed E-state index contributed by atoms with van der Waals surface area (Å²) in [6, 6.07) is -0.360. The number of carbonyl (C=O) groups is 1. The molecule has 2 rings (SSSR count). The molecule has 2 aliphatic rings. The molecule has 0 aromatic carbocycles. The molecule has 8 heteroatoms. The molecule has 0 aromatic heterocycles. The Balaban J connectivity index is 1.83. The van der Waals surface area contributed by atoms with Crippen LogP contribution in [0.2, 0.25) is 0 Å². The van der Waals surface area contributed by atoms with E-state index in [1.165, 1.54) is 0 Å². The van der Waals surface area contributed by atoms with E-state index in [0.717, 1.165) is 13.0 Å². The largest absolute Gasteiger partial charge is 0.462 e. The van der Waals surface area contributed by atoms with E-state index < -0.39 is 36.7 Å². The summed E-state index contributed by atoms with van der Waals surface area (Å²) >= 11 is 0. The maximum atomic E-state index is 11.6. The quantitative estimate of drug-likeness (QED) is 0.347. The summed E-state index contributed by atoms with van der Waals surface area (Å²) in [6.07, 6.45) is -5.66. The molecule has 2 aliphatic heterocycles. The maximum absolute atomic E-state index is 11.6. The Morgan fingerprint density at radius 1 is 1.21 bits per heavy atom. The fourth-order valence-electron chi connectivity index (χ4n) is 2.22. The van der Waals surface area contributed by atoms with Gasteiger partial charge in [-0.15, -0.1) is 0 Å². The first-order chi connectivity index (χ1) is 9.00. The van der Waals surface area contributed by atoms with E-state index in [9.17, 15) is 25.2 Å². The molecule has 5 N–H and O–H groups in total. The van der Waals surface area contributed by atoms with Gasteiger partial charge in [0.2, 0.25) is 0 Å². The molecule has 0 aliphatic carbocycles. The number of ether oxygens (including phenoxy) is 2. The van der Waals surface area contributed by atoms with Gasteiger partial charge in [0.15, 0.2) is 6.29 Å². The van der Waals surface area contributed by atoms with E-state index in [1.807, 2.05) is 0 Å². The lowest BCUT2D eigenvalue weighted by Gasteiger charge is -2.37. The van der Waals surface area contributed by atoms with Crippen LogP contribution in [0.5, 0.6) is 0 Å². The maximum Gasteiger partial charge on any atom is 0.323 e. The van der Waals surface area contributed by atoms with Gasteiger partial charge in [0.1, 0.15) is 37.1 Å². The van der Waals surface area contributed by atoms with Gasteiger partial charge in [-0.2, -0.15) is 0 Å². The first-order valence-corrected chi connectivity index (χ1v) is 6.28. The lowest BCUT2D eigenvalue weighted by molar-refractivity contribution is -0.287. The average Bonchev–Trinajstić information content (AvgIpc) is 2.92. The average molecular weight is 277 g/mol. The van der Waals surface area contributed by atoms with Crippen molar-refractivity contribution in [2.75, 3.05) is 13.2 Å². The number of aliphatic hydroxyl groups is 4. The van der Waals surface area contributed by atoms with Crippen molar-refractivity contribution in [3.8, 4) is 0 Å². The number of esters is 1. The number of rotatable bonds is 3. The van der Waals surface area contributed by atoms with Crippen molar-refractivity contribution in [1.82, 2.24) is 5.32 Å². The molecule has 0 spiro atoms. The molecule has 2 saturated heterocycles. The predicted molar refractivity (Wildman–Crippen MR) is 60.9 cm³/mol. The first kappa shape index (κ1) is 14.6. The zero-order chi connectivity index (χ0) is 14.0. The van der Waals surface area contributed by atoms with Crippen LogP contribution in [0.4, 0.5) is 0 Å². The molecule has 0 amide bonds. The number of nitrogens with one attached hydrogen (secondary N) is 1. The Morgan fingerprint density at radius 3 is 2.58 bits per heavy atom. The number of hydrogen-bond donors (Lipinski definition) is 5. The molecule has 110 valence electrons. The second-order valence-corrected chi connectivity index (χ2v) is 4.82. The molecule has 2 fully saturated rings. The van der Waals surface area contributed by atoms with E-state index in [2.05, 4.69) is 5.32 Å². The van der Waals surface area contributed by atoms with Crippen LogP contribution in [0.3, 0.4) is 0 Å². The summed E-state index contributed by atoms with van der Waals surface area (Å²) in [7, 11) is 0. The molecule has 6 atom stereocenters. The van der Waals surface area contributed by atoms with Gasteiger partial charge in [-0.25, -0.2) is 0 Å².